The van der Waals surface area contributed by atoms with Crippen LogP contribution in [0.4, 0.5) is 0 Å². The van der Waals surface area contributed by atoms with Gasteiger partial charge in [0, 0.05) is 32.5 Å². The molecule has 7 rings (SSSR count). The molecular weight excluding hydrogens is 408 g/mol. The van der Waals surface area contributed by atoms with Crippen LogP contribution in [-0.4, -0.2) is 9.55 Å². The lowest BCUT2D eigenvalue weighted by atomic mass is 10.0. The highest BCUT2D eigenvalue weighted by atomic mass is 32.2. The molecule has 1 aliphatic heterocycles. The second kappa shape index (κ2) is 6.98. The molecule has 3 heteroatoms. The van der Waals surface area contributed by atoms with Crippen LogP contribution in [0.15, 0.2) is 108 Å². The normalized spacial score (nSPS) is 15.6. The lowest BCUT2D eigenvalue weighted by molar-refractivity contribution is 0.951. The number of nitrogens with zero attached hydrogens (tertiary/aromatic N) is 2. The molecule has 0 saturated heterocycles. The summed E-state index contributed by atoms with van der Waals surface area (Å²) >= 11 is 2.02. The summed E-state index contributed by atoms with van der Waals surface area (Å²) in [6.07, 6.45) is 2.95. The van der Waals surface area contributed by atoms with Crippen molar-refractivity contribution in [1.29, 1.82) is 0 Å². The number of fused-ring (bicyclic) bond motifs is 6. The first-order chi connectivity index (χ1) is 15.9. The standard InChI is InChI=1S/C29H20N2S/c1-2-8-19(9-3-1)27-18-20-15-16-26-28(29(20)32-27)22-10-4-5-13-25(22)31(26)24-14-6-12-23-21(24)11-7-17-30-23/h1-17,27H,18H2. The third kappa shape index (κ3) is 2.58. The minimum atomic E-state index is 0.473. The lowest BCUT2D eigenvalue weighted by Gasteiger charge is -2.11. The first-order valence-corrected chi connectivity index (χ1v) is 11.9. The van der Waals surface area contributed by atoms with Crippen LogP contribution in [0.5, 0.6) is 0 Å². The molecule has 4 aromatic carbocycles. The van der Waals surface area contributed by atoms with E-state index < -0.39 is 0 Å². The fourth-order valence-corrected chi connectivity index (χ4v) is 6.62. The number of thioether (sulfide) groups is 1. The quantitative estimate of drug-likeness (QED) is 0.281. The van der Waals surface area contributed by atoms with Gasteiger partial charge in [0.25, 0.3) is 0 Å². The molecule has 1 aliphatic rings. The van der Waals surface area contributed by atoms with Crippen LogP contribution in [0.3, 0.4) is 0 Å². The van der Waals surface area contributed by atoms with Crippen molar-refractivity contribution in [2.24, 2.45) is 0 Å². The molecule has 0 amide bonds. The Kier molecular flexibility index (Phi) is 3.94. The van der Waals surface area contributed by atoms with E-state index in [1.807, 2.05) is 24.0 Å². The molecule has 152 valence electrons. The zero-order valence-electron chi connectivity index (χ0n) is 17.4. The van der Waals surface area contributed by atoms with Gasteiger partial charge in [-0.25, -0.2) is 0 Å². The summed E-state index contributed by atoms with van der Waals surface area (Å²) in [7, 11) is 0. The molecular formula is C29H20N2S. The second-order valence-corrected chi connectivity index (χ2v) is 9.58. The van der Waals surface area contributed by atoms with E-state index >= 15 is 0 Å². The van der Waals surface area contributed by atoms with Gasteiger partial charge in [-0.05, 0) is 53.9 Å². The van der Waals surface area contributed by atoms with Crippen LogP contribution in [0.1, 0.15) is 16.4 Å². The molecule has 1 unspecified atom stereocenters. The highest BCUT2D eigenvalue weighted by molar-refractivity contribution is 8.00. The van der Waals surface area contributed by atoms with E-state index in [9.17, 15) is 0 Å². The minimum Gasteiger partial charge on any atom is -0.309 e. The minimum absolute atomic E-state index is 0.473. The van der Waals surface area contributed by atoms with Crippen molar-refractivity contribution in [3.63, 3.8) is 0 Å². The summed E-state index contributed by atoms with van der Waals surface area (Å²) in [5.74, 6) is 0. The first-order valence-electron chi connectivity index (χ1n) is 11.0. The Labute approximate surface area is 190 Å². The van der Waals surface area contributed by atoms with E-state index in [1.54, 1.807) is 0 Å². The van der Waals surface area contributed by atoms with Crippen molar-refractivity contribution in [3.8, 4) is 5.69 Å². The smallest absolute Gasteiger partial charge is 0.0723 e. The Morgan fingerprint density at radius 1 is 0.719 bits per heavy atom. The van der Waals surface area contributed by atoms with Gasteiger partial charge in [-0.15, -0.1) is 11.8 Å². The van der Waals surface area contributed by atoms with Crippen molar-refractivity contribution in [1.82, 2.24) is 9.55 Å². The van der Waals surface area contributed by atoms with Crippen LogP contribution in [0.2, 0.25) is 0 Å². The van der Waals surface area contributed by atoms with E-state index in [2.05, 4.69) is 101 Å². The van der Waals surface area contributed by atoms with Gasteiger partial charge >= 0.3 is 0 Å². The number of pyridine rings is 1. The summed E-state index contributed by atoms with van der Waals surface area (Å²) in [5, 5.41) is 4.34. The average molecular weight is 429 g/mol. The number of benzene rings is 4. The number of rotatable bonds is 2. The van der Waals surface area contributed by atoms with Crippen LogP contribution in [0, 0.1) is 0 Å². The Morgan fingerprint density at radius 2 is 1.56 bits per heavy atom. The van der Waals surface area contributed by atoms with Gasteiger partial charge in [0.15, 0.2) is 0 Å². The molecule has 0 spiro atoms. The maximum Gasteiger partial charge on any atom is 0.0723 e. The molecule has 32 heavy (non-hydrogen) atoms. The Bertz CT molecular complexity index is 1630. The van der Waals surface area contributed by atoms with Crippen LogP contribution in [0.25, 0.3) is 38.4 Å². The molecule has 1 atom stereocenters. The third-order valence-electron chi connectivity index (χ3n) is 6.57. The molecule has 0 fully saturated rings. The van der Waals surface area contributed by atoms with Gasteiger partial charge in [-0.1, -0.05) is 60.7 Å². The van der Waals surface area contributed by atoms with Gasteiger partial charge in [0.1, 0.15) is 0 Å². The van der Waals surface area contributed by atoms with Crippen LogP contribution in [-0.2, 0) is 6.42 Å². The van der Waals surface area contributed by atoms with Gasteiger partial charge in [0.05, 0.1) is 22.2 Å². The summed E-state index contributed by atoms with van der Waals surface area (Å²) in [6, 6.07) is 35.0. The second-order valence-electron chi connectivity index (χ2n) is 8.37. The molecule has 6 aromatic rings. The van der Waals surface area contributed by atoms with Crippen molar-refractivity contribution in [2.75, 3.05) is 0 Å². The SMILES string of the molecule is c1ccc(C2Cc3ccc4c(c3S2)c2ccccc2n4-c2cccc3ncccc23)cc1. The van der Waals surface area contributed by atoms with E-state index in [0.29, 0.717) is 5.25 Å². The largest absolute Gasteiger partial charge is 0.309 e. The summed E-state index contributed by atoms with van der Waals surface area (Å²) in [5.41, 5.74) is 7.59. The monoisotopic (exact) mass is 428 g/mol. The Morgan fingerprint density at radius 3 is 2.50 bits per heavy atom. The highest BCUT2D eigenvalue weighted by Gasteiger charge is 2.28. The molecule has 0 aliphatic carbocycles. The van der Waals surface area contributed by atoms with Crippen LogP contribution >= 0.6 is 11.8 Å². The van der Waals surface area contributed by atoms with E-state index in [0.717, 1.165) is 11.9 Å². The highest BCUT2D eigenvalue weighted by Crippen LogP contribution is 2.51. The average Bonchev–Trinajstić information content (AvgIpc) is 3.43. The topological polar surface area (TPSA) is 17.8 Å². The van der Waals surface area contributed by atoms with Crippen molar-refractivity contribution in [2.45, 2.75) is 16.6 Å². The molecule has 2 nitrogen and oxygen atoms in total. The number of hydrogen-bond donors (Lipinski definition) is 0. The van der Waals surface area contributed by atoms with E-state index in [1.165, 1.54) is 48.9 Å². The molecule has 0 radical (unpaired) electrons. The molecule has 0 bridgehead atoms. The maximum absolute atomic E-state index is 4.60. The third-order valence-corrected chi connectivity index (χ3v) is 8.00. The molecule has 2 aromatic heterocycles. The van der Waals surface area contributed by atoms with E-state index in [-0.39, 0.29) is 0 Å². The zero-order chi connectivity index (χ0) is 21.1. The van der Waals surface area contributed by atoms with Crippen molar-refractivity contribution in [3.05, 3.63) is 114 Å². The van der Waals surface area contributed by atoms with Gasteiger partial charge in [-0.2, -0.15) is 0 Å². The van der Waals surface area contributed by atoms with Crippen molar-refractivity contribution >= 4 is 44.5 Å². The summed E-state index contributed by atoms with van der Waals surface area (Å²) < 4.78 is 2.42. The summed E-state index contributed by atoms with van der Waals surface area (Å²) in [6.45, 7) is 0. The fourth-order valence-electron chi connectivity index (χ4n) is 5.15. The summed E-state index contributed by atoms with van der Waals surface area (Å²) in [4.78, 5) is 6.03. The van der Waals surface area contributed by atoms with Gasteiger partial charge in [-0.3, -0.25) is 4.98 Å². The molecule has 3 heterocycles. The first kappa shape index (κ1) is 18.1. The number of para-hydroxylation sites is 1. The Balaban J connectivity index is 1.52. The molecule has 0 saturated carbocycles. The molecule has 0 N–H and O–H groups in total. The predicted octanol–water partition coefficient (Wildman–Crippen LogP) is 7.72. The number of hydrogen-bond acceptors (Lipinski definition) is 2. The predicted molar refractivity (Wildman–Crippen MR) is 135 cm³/mol. The van der Waals surface area contributed by atoms with Gasteiger partial charge < -0.3 is 4.57 Å². The van der Waals surface area contributed by atoms with Crippen molar-refractivity contribution < 1.29 is 0 Å². The van der Waals surface area contributed by atoms with Crippen LogP contribution < -0.4 is 0 Å². The lowest BCUT2D eigenvalue weighted by Crippen LogP contribution is -1.96. The fraction of sp³-hybridized carbons (Fsp3) is 0.0690. The van der Waals surface area contributed by atoms with Gasteiger partial charge in [0.2, 0.25) is 0 Å². The Hall–Kier alpha value is -3.56. The zero-order valence-corrected chi connectivity index (χ0v) is 18.2. The number of aromatic nitrogens is 2. The van der Waals surface area contributed by atoms with E-state index in [4.69, 9.17) is 0 Å². The maximum atomic E-state index is 4.60.